The van der Waals surface area contributed by atoms with Crippen LogP contribution in [0, 0.1) is 5.41 Å². The Labute approximate surface area is 121 Å². The van der Waals surface area contributed by atoms with Gasteiger partial charge in [-0.2, -0.15) is 0 Å². The lowest BCUT2D eigenvalue weighted by molar-refractivity contribution is -0.117. The fourth-order valence-electron chi connectivity index (χ4n) is 2.94. The van der Waals surface area contributed by atoms with Crippen molar-refractivity contribution in [2.75, 3.05) is 6.54 Å². The van der Waals surface area contributed by atoms with Crippen molar-refractivity contribution in [2.45, 2.75) is 58.8 Å². The molecule has 0 heterocycles. The van der Waals surface area contributed by atoms with E-state index in [1.807, 2.05) is 13.8 Å². The van der Waals surface area contributed by atoms with Crippen LogP contribution >= 0.6 is 0 Å². The Bertz CT molecular complexity index is 469. The molecule has 0 fully saturated rings. The van der Waals surface area contributed by atoms with Crippen molar-refractivity contribution in [3.8, 4) is 0 Å². The molecule has 0 saturated heterocycles. The van der Waals surface area contributed by atoms with E-state index in [1.165, 1.54) is 31.3 Å². The molecule has 3 heteroatoms. The Balaban J connectivity index is 1.90. The standard InChI is InChI=1S/C17H25NO2/c1-17(2)10-15(19)14(16(20)11-17)12-18-9-8-13-6-4-3-5-7-13/h6,12,19H,3-5,7-11H2,1-2H3. The molecular weight excluding hydrogens is 250 g/mol. The van der Waals surface area contributed by atoms with Crippen LogP contribution in [0.4, 0.5) is 0 Å². The molecular formula is C17H25NO2. The highest BCUT2D eigenvalue weighted by atomic mass is 16.3. The maximum Gasteiger partial charge on any atom is 0.168 e. The Kier molecular flexibility index (Phi) is 4.79. The molecule has 0 saturated carbocycles. The second kappa shape index (κ2) is 6.38. The number of carbonyl (C=O) groups is 1. The van der Waals surface area contributed by atoms with Crippen LogP contribution in [0.25, 0.3) is 0 Å². The number of carbonyl (C=O) groups excluding carboxylic acids is 1. The van der Waals surface area contributed by atoms with Crippen molar-refractivity contribution >= 4 is 12.0 Å². The molecule has 2 aliphatic carbocycles. The molecule has 110 valence electrons. The first-order valence-corrected chi connectivity index (χ1v) is 7.61. The summed E-state index contributed by atoms with van der Waals surface area (Å²) in [5.41, 5.74) is 1.77. The van der Waals surface area contributed by atoms with Crippen LogP contribution in [0.1, 0.15) is 58.8 Å². The number of rotatable bonds is 4. The number of allylic oxidation sites excluding steroid dienone is 3. The zero-order valence-corrected chi connectivity index (χ0v) is 12.6. The van der Waals surface area contributed by atoms with Crippen molar-refractivity contribution in [1.29, 1.82) is 0 Å². The highest BCUT2D eigenvalue weighted by Gasteiger charge is 2.32. The first-order chi connectivity index (χ1) is 9.48. The van der Waals surface area contributed by atoms with Crippen molar-refractivity contribution in [2.24, 2.45) is 10.4 Å². The molecule has 0 aromatic rings. The molecule has 20 heavy (non-hydrogen) atoms. The number of aliphatic hydroxyl groups excluding tert-OH is 1. The van der Waals surface area contributed by atoms with Crippen molar-refractivity contribution in [3.63, 3.8) is 0 Å². The molecule has 0 spiro atoms. The van der Waals surface area contributed by atoms with Gasteiger partial charge in [0.2, 0.25) is 0 Å². The van der Waals surface area contributed by atoms with Gasteiger partial charge in [-0.1, -0.05) is 25.5 Å². The number of ketones is 1. The van der Waals surface area contributed by atoms with Crippen LogP contribution in [0.3, 0.4) is 0 Å². The zero-order chi connectivity index (χ0) is 14.6. The quantitative estimate of drug-likeness (QED) is 0.619. The molecule has 2 aliphatic rings. The van der Waals surface area contributed by atoms with E-state index in [9.17, 15) is 9.90 Å². The second-order valence-corrected chi connectivity index (χ2v) is 6.69. The normalized spacial score (nSPS) is 23.3. The third-order valence-electron chi connectivity index (χ3n) is 4.06. The maximum absolute atomic E-state index is 12.0. The number of nitrogens with zero attached hydrogens (tertiary/aromatic N) is 1. The van der Waals surface area contributed by atoms with E-state index in [-0.39, 0.29) is 17.0 Å². The van der Waals surface area contributed by atoms with Crippen LogP contribution < -0.4 is 0 Å². The summed E-state index contributed by atoms with van der Waals surface area (Å²) in [4.78, 5) is 16.3. The summed E-state index contributed by atoms with van der Waals surface area (Å²) in [7, 11) is 0. The van der Waals surface area contributed by atoms with E-state index in [0.717, 1.165) is 6.42 Å². The van der Waals surface area contributed by atoms with Crippen LogP contribution in [0.2, 0.25) is 0 Å². The number of aliphatic imine (C=N–C) groups is 1. The van der Waals surface area contributed by atoms with Gasteiger partial charge in [-0.15, -0.1) is 0 Å². The molecule has 0 aromatic carbocycles. The van der Waals surface area contributed by atoms with Crippen molar-refractivity contribution < 1.29 is 9.90 Å². The SMILES string of the molecule is CC1(C)CC(=O)C(C=NCCC2=CCCCC2)=C(O)C1. The van der Waals surface area contributed by atoms with Crippen LogP contribution in [-0.4, -0.2) is 23.6 Å². The van der Waals surface area contributed by atoms with E-state index < -0.39 is 0 Å². The number of hydrogen-bond acceptors (Lipinski definition) is 3. The van der Waals surface area contributed by atoms with Gasteiger partial charge in [0.25, 0.3) is 0 Å². The van der Waals surface area contributed by atoms with Gasteiger partial charge >= 0.3 is 0 Å². The third kappa shape index (κ3) is 4.06. The predicted octanol–water partition coefficient (Wildman–Crippen LogP) is 4.15. The molecule has 0 amide bonds. The van der Waals surface area contributed by atoms with Gasteiger partial charge in [0.05, 0.1) is 5.57 Å². The van der Waals surface area contributed by atoms with E-state index in [2.05, 4.69) is 11.1 Å². The smallest absolute Gasteiger partial charge is 0.168 e. The summed E-state index contributed by atoms with van der Waals surface area (Å²) in [5.74, 6) is 0.214. The molecule has 0 bridgehead atoms. The minimum Gasteiger partial charge on any atom is -0.511 e. The lowest BCUT2D eigenvalue weighted by atomic mass is 9.77. The summed E-state index contributed by atoms with van der Waals surface area (Å²) in [6.07, 6.45) is 10.9. The lowest BCUT2D eigenvalue weighted by Crippen LogP contribution is -2.26. The summed E-state index contributed by atoms with van der Waals surface area (Å²) in [6, 6.07) is 0. The highest BCUT2D eigenvalue weighted by molar-refractivity contribution is 6.14. The minimum atomic E-state index is -0.134. The van der Waals surface area contributed by atoms with Crippen LogP contribution in [0.15, 0.2) is 28.0 Å². The molecule has 0 aliphatic heterocycles. The average molecular weight is 275 g/mol. The summed E-state index contributed by atoms with van der Waals surface area (Å²) in [5, 5.41) is 9.98. The van der Waals surface area contributed by atoms with Gasteiger partial charge in [0.1, 0.15) is 5.76 Å². The summed E-state index contributed by atoms with van der Waals surface area (Å²) >= 11 is 0. The minimum absolute atomic E-state index is 0.0133. The molecule has 1 N–H and O–H groups in total. The molecule has 0 aromatic heterocycles. The van der Waals surface area contributed by atoms with Gasteiger partial charge in [-0.3, -0.25) is 9.79 Å². The Morgan fingerprint density at radius 1 is 1.35 bits per heavy atom. The number of aliphatic hydroxyl groups is 1. The first-order valence-electron chi connectivity index (χ1n) is 7.61. The Hall–Kier alpha value is -1.38. The second-order valence-electron chi connectivity index (χ2n) is 6.69. The largest absolute Gasteiger partial charge is 0.511 e. The molecule has 0 unspecified atom stereocenters. The molecule has 0 radical (unpaired) electrons. The van der Waals surface area contributed by atoms with Gasteiger partial charge in [-0.25, -0.2) is 0 Å². The number of Topliss-reactive ketones (excluding diaryl/α,β-unsaturated/α-hetero) is 1. The third-order valence-corrected chi connectivity index (χ3v) is 4.06. The maximum atomic E-state index is 12.0. The van der Waals surface area contributed by atoms with E-state index in [4.69, 9.17) is 0 Å². The van der Waals surface area contributed by atoms with Gasteiger partial charge < -0.3 is 5.11 Å². The fraction of sp³-hybridized carbons (Fsp3) is 0.647. The van der Waals surface area contributed by atoms with E-state index in [0.29, 0.717) is 25.0 Å². The topological polar surface area (TPSA) is 49.7 Å². The van der Waals surface area contributed by atoms with Crippen molar-refractivity contribution in [3.05, 3.63) is 23.0 Å². The first kappa shape index (κ1) is 15.0. The summed E-state index contributed by atoms with van der Waals surface area (Å²) < 4.78 is 0. The molecule has 2 rings (SSSR count). The average Bonchev–Trinajstić information content (AvgIpc) is 2.37. The van der Waals surface area contributed by atoms with Crippen LogP contribution in [0.5, 0.6) is 0 Å². The zero-order valence-electron chi connectivity index (χ0n) is 12.6. The Morgan fingerprint density at radius 3 is 2.80 bits per heavy atom. The highest BCUT2D eigenvalue weighted by Crippen LogP contribution is 2.35. The van der Waals surface area contributed by atoms with E-state index in [1.54, 1.807) is 6.21 Å². The lowest BCUT2D eigenvalue weighted by Gasteiger charge is -2.28. The molecule has 3 nitrogen and oxygen atoms in total. The van der Waals surface area contributed by atoms with Crippen molar-refractivity contribution in [1.82, 2.24) is 0 Å². The number of hydrogen-bond donors (Lipinski definition) is 1. The fourth-order valence-corrected chi connectivity index (χ4v) is 2.94. The summed E-state index contributed by atoms with van der Waals surface area (Å²) in [6.45, 7) is 4.72. The van der Waals surface area contributed by atoms with Gasteiger partial charge in [0, 0.05) is 25.6 Å². The predicted molar refractivity (Wildman–Crippen MR) is 82.2 cm³/mol. The molecule has 0 atom stereocenters. The van der Waals surface area contributed by atoms with Gasteiger partial charge in [0.15, 0.2) is 5.78 Å². The monoisotopic (exact) mass is 275 g/mol. The van der Waals surface area contributed by atoms with Crippen LogP contribution in [-0.2, 0) is 4.79 Å². The Morgan fingerprint density at radius 2 is 2.15 bits per heavy atom. The van der Waals surface area contributed by atoms with Gasteiger partial charge in [-0.05, 0) is 37.5 Å². The van der Waals surface area contributed by atoms with E-state index >= 15 is 0 Å².